The zero-order chi connectivity index (χ0) is 15.4. The van der Waals surface area contributed by atoms with Crippen LogP contribution in [0.5, 0.6) is 0 Å². The molecular weight excluding hydrogens is 308 g/mol. The summed E-state index contributed by atoms with van der Waals surface area (Å²) < 4.78 is 12.4. The molecule has 0 aliphatic rings. The van der Waals surface area contributed by atoms with Gasteiger partial charge in [0.25, 0.3) is 0 Å². The summed E-state index contributed by atoms with van der Waals surface area (Å²) in [5, 5.41) is 2.29. The molecule has 0 saturated heterocycles. The Kier molecular flexibility index (Phi) is 4.98. The van der Waals surface area contributed by atoms with Gasteiger partial charge in [0.15, 0.2) is 0 Å². The van der Waals surface area contributed by atoms with E-state index in [2.05, 4.69) is 5.32 Å². The Hall–Kier alpha value is -1.85. The van der Waals surface area contributed by atoms with E-state index in [1.54, 1.807) is 31.2 Å². The van der Waals surface area contributed by atoms with Crippen LogP contribution in [0.3, 0.4) is 0 Å². The van der Waals surface area contributed by atoms with E-state index in [0.717, 1.165) is 0 Å². The summed E-state index contributed by atoms with van der Waals surface area (Å²) in [4.78, 5) is 12.5. The molecule has 0 fully saturated rings. The zero-order valence-corrected chi connectivity index (χ0v) is 12.9. The second-order valence-electron chi connectivity index (χ2n) is 4.48. The van der Waals surface area contributed by atoms with Crippen molar-refractivity contribution in [3.05, 3.63) is 53.6 Å². The Morgan fingerprint density at radius 2 is 1.90 bits per heavy atom. The first-order valence-corrected chi connectivity index (χ1v) is 7.89. The minimum atomic E-state index is -1.55. The summed E-state index contributed by atoms with van der Waals surface area (Å²) in [5.74, 6) is -0.326. The Balaban J connectivity index is 2.13. The van der Waals surface area contributed by atoms with E-state index in [1.807, 2.05) is 18.2 Å². The Morgan fingerprint density at radius 1 is 1.24 bits per heavy atom. The van der Waals surface area contributed by atoms with Gasteiger partial charge in [0, 0.05) is 11.4 Å². The molecule has 2 unspecified atom stereocenters. The number of nitrogen functional groups attached to an aromatic ring is 1. The second-order valence-corrected chi connectivity index (χ2v) is 6.63. The van der Waals surface area contributed by atoms with Crippen LogP contribution in [0.4, 0.5) is 11.4 Å². The fourth-order valence-corrected chi connectivity index (χ4v) is 3.24. The number of rotatable bonds is 4. The Labute approximate surface area is 130 Å². The molecule has 2 aromatic carbocycles. The average molecular weight is 323 g/mol. The van der Waals surface area contributed by atoms with E-state index >= 15 is 0 Å². The van der Waals surface area contributed by atoms with Crippen LogP contribution in [-0.4, -0.2) is 15.4 Å². The summed E-state index contributed by atoms with van der Waals surface area (Å²) in [5.41, 5.74) is 6.75. The maximum Gasteiger partial charge on any atom is 0.240 e. The maximum absolute atomic E-state index is 12.4. The first kappa shape index (κ1) is 15.5. The van der Waals surface area contributed by atoms with Crippen molar-refractivity contribution in [2.24, 2.45) is 0 Å². The number of nitrogens with one attached hydrogen (secondary N) is 1. The molecule has 0 radical (unpaired) electrons. The molecule has 0 aromatic heterocycles. The molecule has 110 valence electrons. The molecule has 4 nitrogen and oxygen atoms in total. The topological polar surface area (TPSA) is 72.2 Å². The summed E-state index contributed by atoms with van der Waals surface area (Å²) in [6, 6.07) is 13.7. The molecular formula is C15H15ClN2O2S. The number of carbonyl (C=O) groups excluding carboxylic acids is 1. The summed E-state index contributed by atoms with van der Waals surface area (Å²) in [6.07, 6.45) is 0. The van der Waals surface area contributed by atoms with Gasteiger partial charge in [-0.2, -0.15) is 0 Å². The fourth-order valence-electron chi connectivity index (χ4n) is 1.73. The fraction of sp³-hybridized carbons (Fsp3) is 0.133. The number of amides is 1. The van der Waals surface area contributed by atoms with Crippen molar-refractivity contribution in [3.63, 3.8) is 0 Å². The molecule has 6 heteroatoms. The van der Waals surface area contributed by atoms with E-state index in [-0.39, 0.29) is 5.91 Å². The van der Waals surface area contributed by atoms with Crippen molar-refractivity contribution < 1.29 is 9.00 Å². The molecule has 3 N–H and O–H groups in total. The van der Waals surface area contributed by atoms with Crippen molar-refractivity contribution >= 4 is 39.7 Å². The van der Waals surface area contributed by atoms with Gasteiger partial charge in [-0.15, -0.1) is 0 Å². The molecule has 2 atom stereocenters. The van der Waals surface area contributed by atoms with E-state index < -0.39 is 16.0 Å². The van der Waals surface area contributed by atoms with E-state index in [0.29, 0.717) is 21.3 Å². The number of benzene rings is 2. The van der Waals surface area contributed by atoms with Crippen molar-refractivity contribution in [3.8, 4) is 0 Å². The van der Waals surface area contributed by atoms with E-state index in [9.17, 15) is 9.00 Å². The van der Waals surface area contributed by atoms with Crippen LogP contribution in [0, 0.1) is 0 Å². The number of para-hydroxylation sites is 1. The first-order valence-electron chi connectivity index (χ1n) is 6.30. The van der Waals surface area contributed by atoms with Crippen LogP contribution >= 0.6 is 11.6 Å². The molecule has 2 aromatic rings. The van der Waals surface area contributed by atoms with Gasteiger partial charge >= 0.3 is 0 Å². The van der Waals surface area contributed by atoms with Gasteiger partial charge in [0.1, 0.15) is 5.25 Å². The Bertz CT molecular complexity index is 677. The van der Waals surface area contributed by atoms with Gasteiger partial charge in [-0.3, -0.25) is 9.00 Å². The number of carbonyl (C=O) groups is 1. The average Bonchev–Trinajstić information content (AvgIpc) is 2.47. The minimum absolute atomic E-state index is 0.299. The lowest BCUT2D eigenvalue weighted by Crippen LogP contribution is -2.29. The second kappa shape index (κ2) is 6.74. The van der Waals surface area contributed by atoms with Crippen LogP contribution in [0.25, 0.3) is 0 Å². The highest BCUT2D eigenvalue weighted by molar-refractivity contribution is 7.86. The lowest BCUT2D eigenvalue weighted by molar-refractivity contribution is -0.115. The van der Waals surface area contributed by atoms with Crippen LogP contribution in [-0.2, 0) is 15.6 Å². The number of halogens is 1. The third kappa shape index (κ3) is 3.83. The molecule has 0 aliphatic carbocycles. The largest absolute Gasteiger partial charge is 0.399 e. The van der Waals surface area contributed by atoms with Crippen molar-refractivity contribution in [1.29, 1.82) is 0 Å². The standard InChI is InChI=1S/C15H15ClN2O2S/c1-10(15(19)18-12-5-3-2-4-6-12)21(20)14-8-7-11(17)9-13(14)16/h2-10H,17H2,1H3,(H,18,19). The van der Waals surface area contributed by atoms with Crippen LogP contribution in [0.2, 0.25) is 5.02 Å². The van der Waals surface area contributed by atoms with Gasteiger partial charge in [0.2, 0.25) is 5.91 Å². The van der Waals surface area contributed by atoms with Gasteiger partial charge in [-0.25, -0.2) is 0 Å². The van der Waals surface area contributed by atoms with Gasteiger partial charge in [0.05, 0.1) is 20.7 Å². The van der Waals surface area contributed by atoms with Gasteiger partial charge in [-0.05, 0) is 37.3 Å². The molecule has 2 rings (SSSR count). The quantitative estimate of drug-likeness (QED) is 0.850. The lowest BCUT2D eigenvalue weighted by Gasteiger charge is -2.13. The highest BCUT2D eigenvalue weighted by Gasteiger charge is 2.23. The smallest absolute Gasteiger partial charge is 0.240 e. The van der Waals surface area contributed by atoms with Crippen LogP contribution < -0.4 is 11.1 Å². The first-order chi connectivity index (χ1) is 9.99. The molecule has 1 amide bonds. The van der Waals surface area contributed by atoms with Crippen LogP contribution in [0.15, 0.2) is 53.4 Å². The van der Waals surface area contributed by atoms with Crippen molar-refractivity contribution in [2.45, 2.75) is 17.1 Å². The van der Waals surface area contributed by atoms with E-state index in [4.69, 9.17) is 17.3 Å². The highest BCUT2D eigenvalue weighted by atomic mass is 35.5. The normalized spacial score (nSPS) is 13.4. The molecule has 0 heterocycles. The molecule has 0 saturated carbocycles. The number of hydrogen-bond acceptors (Lipinski definition) is 3. The Morgan fingerprint density at radius 3 is 2.52 bits per heavy atom. The van der Waals surface area contributed by atoms with Crippen molar-refractivity contribution in [1.82, 2.24) is 0 Å². The van der Waals surface area contributed by atoms with Crippen LogP contribution in [0.1, 0.15) is 6.92 Å². The van der Waals surface area contributed by atoms with Gasteiger partial charge < -0.3 is 11.1 Å². The van der Waals surface area contributed by atoms with Gasteiger partial charge in [-0.1, -0.05) is 29.8 Å². The summed E-state index contributed by atoms with van der Waals surface area (Å²) in [6.45, 7) is 1.60. The summed E-state index contributed by atoms with van der Waals surface area (Å²) in [7, 11) is -1.55. The predicted molar refractivity (Wildman–Crippen MR) is 86.8 cm³/mol. The van der Waals surface area contributed by atoms with Crippen molar-refractivity contribution in [2.75, 3.05) is 11.1 Å². The maximum atomic E-state index is 12.4. The lowest BCUT2D eigenvalue weighted by atomic mass is 10.3. The van der Waals surface area contributed by atoms with E-state index in [1.165, 1.54) is 6.07 Å². The highest BCUT2D eigenvalue weighted by Crippen LogP contribution is 2.24. The molecule has 0 spiro atoms. The molecule has 0 bridgehead atoms. The molecule has 0 aliphatic heterocycles. The third-order valence-corrected chi connectivity index (χ3v) is 4.97. The zero-order valence-electron chi connectivity index (χ0n) is 11.4. The SMILES string of the molecule is CC(C(=O)Nc1ccccc1)S(=O)c1ccc(N)cc1Cl. The monoisotopic (exact) mass is 322 g/mol. The predicted octanol–water partition coefficient (Wildman–Crippen LogP) is 3.06. The minimum Gasteiger partial charge on any atom is -0.399 e. The summed E-state index contributed by atoms with van der Waals surface area (Å²) >= 11 is 6.03. The number of nitrogens with two attached hydrogens (primary N) is 1. The number of hydrogen-bond donors (Lipinski definition) is 2. The number of anilines is 2. The third-order valence-electron chi connectivity index (χ3n) is 2.90. The molecule has 21 heavy (non-hydrogen) atoms.